The standard InChI is InChI=1S/C21H19N5O5/c1-29-12-7-4-6-11(10-12)26-20-16(24-21(26)28)15(18(22)27)23-19(25-20)13-8-5-9-14(30-2)17(13)31-3/h4-10H,1-3H3,(H2,22,27)(H,24,28). The number of ether oxygens (including phenoxy) is 3. The molecule has 4 rings (SSSR count). The molecule has 4 aromatic rings. The largest absolute Gasteiger partial charge is 0.497 e. The zero-order valence-corrected chi connectivity index (χ0v) is 17.0. The molecule has 1 amide bonds. The van der Waals surface area contributed by atoms with E-state index in [1.165, 1.54) is 25.9 Å². The molecule has 3 N–H and O–H groups in total. The Morgan fingerprint density at radius 2 is 1.81 bits per heavy atom. The van der Waals surface area contributed by atoms with E-state index in [0.717, 1.165) is 0 Å². The number of primary amides is 1. The Balaban J connectivity index is 2.07. The number of aromatic nitrogens is 4. The number of nitrogens with zero attached hydrogens (tertiary/aromatic N) is 3. The summed E-state index contributed by atoms with van der Waals surface area (Å²) in [4.78, 5) is 36.4. The van der Waals surface area contributed by atoms with Crippen LogP contribution in [0.4, 0.5) is 0 Å². The number of nitrogens with two attached hydrogens (primary N) is 1. The van der Waals surface area contributed by atoms with Gasteiger partial charge in [0.15, 0.2) is 28.7 Å². The molecule has 158 valence electrons. The number of rotatable bonds is 6. The number of benzene rings is 2. The van der Waals surface area contributed by atoms with Gasteiger partial charge in [-0.2, -0.15) is 0 Å². The van der Waals surface area contributed by atoms with E-state index < -0.39 is 11.6 Å². The number of carbonyl (C=O) groups excluding carboxylic acids is 1. The molecule has 0 aliphatic heterocycles. The summed E-state index contributed by atoms with van der Waals surface area (Å²) in [7, 11) is 4.52. The van der Waals surface area contributed by atoms with Gasteiger partial charge in [-0.15, -0.1) is 0 Å². The molecule has 0 spiro atoms. The first-order valence-electron chi connectivity index (χ1n) is 9.16. The van der Waals surface area contributed by atoms with Gasteiger partial charge in [-0.3, -0.25) is 4.79 Å². The number of hydrogen-bond acceptors (Lipinski definition) is 7. The Labute approximate surface area is 176 Å². The lowest BCUT2D eigenvalue weighted by molar-refractivity contribution is 0.0997. The van der Waals surface area contributed by atoms with E-state index in [-0.39, 0.29) is 22.7 Å². The highest BCUT2D eigenvalue weighted by Crippen LogP contribution is 2.37. The van der Waals surface area contributed by atoms with Gasteiger partial charge in [0.05, 0.1) is 32.6 Å². The minimum atomic E-state index is -0.811. The number of carbonyl (C=O) groups is 1. The van der Waals surface area contributed by atoms with E-state index in [2.05, 4.69) is 15.0 Å². The summed E-state index contributed by atoms with van der Waals surface area (Å²) in [6, 6.07) is 12.1. The van der Waals surface area contributed by atoms with E-state index in [4.69, 9.17) is 19.9 Å². The quantitative estimate of drug-likeness (QED) is 0.485. The highest BCUT2D eigenvalue weighted by molar-refractivity contribution is 6.02. The third-order valence-corrected chi connectivity index (χ3v) is 4.73. The molecule has 0 aliphatic carbocycles. The van der Waals surface area contributed by atoms with Crippen molar-refractivity contribution in [2.45, 2.75) is 0 Å². The maximum atomic E-state index is 12.8. The van der Waals surface area contributed by atoms with Gasteiger partial charge in [-0.1, -0.05) is 12.1 Å². The van der Waals surface area contributed by atoms with E-state index in [1.54, 1.807) is 42.5 Å². The van der Waals surface area contributed by atoms with Crippen molar-refractivity contribution in [3.8, 4) is 34.3 Å². The van der Waals surface area contributed by atoms with E-state index in [0.29, 0.717) is 28.5 Å². The summed E-state index contributed by atoms with van der Waals surface area (Å²) in [6.07, 6.45) is 0. The van der Waals surface area contributed by atoms with Crippen LogP contribution in [0.3, 0.4) is 0 Å². The van der Waals surface area contributed by atoms with E-state index >= 15 is 0 Å². The Morgan fingerprint density at radius 3 is 2.48 bits per heavy atom. The molecule has 0 radical (unpaired) electrons. The van der Waals surface area contributed by atoms with Gasteiger partial charge in [-0.25, -0.2) is 19.3 Å². The molecule has 0 bridgehead atoms. The third kappa shape index (κ3) is 3.33. The van der Waals surface area contributed by atoms with Crippen LogP contribution in [0.1, 0.15) is 10.5 Å². The van der Waals surface area contributed by atoms with Crippen molar-refractivity contribution >= 4 is 17.1 Å². The van der Waals surface area contributed by atoms with Gasteiger partial charge in [0.1, 0.15) is 11.3 Å². The van der Waals surface area contributed by atoms with Gasteiger partial charge in [-0.05, 0) is 24.3 Å². The molecule has 10 heteroatoms. The molecule has 2 aromatic carbocycles. The summed E-state index contributed by atoms with van der Waals surface area (Å²) < 4.78 is 17.4. The van der Waals surface area contributed by atoms with Crippen molar-refractivity contribution in [2.24, 2.45) is 5.73 Å². The monoisotopic (exact) mass is 421 g/mol. The summed E-state index contributed by atoms with van der Waals surface area (Å²) in [5.74, 6) is 0.731. The number of fused-ring (bicyclic) bond motifs is 1. The van der Waals surface area contributed by atoms with Gasteiger partial charge in [0, 0.05) is 6.07 Å². The topological polar surface area (TPSA) is 134 Å². The van der Waals surface area contributed by atoms with Gasteiger partial charge >= 0.3 is 5.69 Å². The first-order chi connectivity index (χ1) is 15.0. The maximum Gasteiger partial charge on any atom is 0.332 e. The molecule has 31 heavy (non-hydrogen) atoms. The van der Waals surface area contributed by atoms with Crippen molar-refractivity contribution in [3.05, 3.63) is 58.6 Å². The summed E-state index contributed by atoms with van der Waals surface area (Å²) >= 11 is 0. The second kappa shape index (κ2) is 7.82. The molecule has 2 heterocycles. The van der Waals surface area contributed by atoms with Crippen LogP contribution in [0.15, 0.2) is 47.3 Å². The molecule has 0 atom stereocenters. The molecular formula is C21H19N5O5. The maximum absolute atomic E-state index is 12.8. The molecule has 0 saturated heterocycles. The Morgan fingerprint density at radius 1 is 1.03 bits per heavy atom. The van der Waals surface area contributed by atoms with Crippen molar-refractivity contribution in [1.82, 2.24) is 19.5 Å². The normalized spacial score (nSPS) is 10.8. The van der Waals surface area contributed by atoms with Crippen LogP contribution in [-0.2, 0) is 0 Å². The van der Waals surface area contributed by atoms with E-state index in [9.17, 15) is 9.59 Å². The fourth-order valence-corrected chi connectivity index (χ4v) is 3.34. The number of methoxy groups -OCH3 is 3. The molecular weight excluding hydrogens is 402 g/mol. The predicted octanol–water partition coefficient (Wildman–Crippen LogP) is 1.90. The average Bonchev–Trinajstić information content (AvgIpc) is 3.13. The van der Waals surface area contributed by atoms with Crippen LogP contribution < -0.4 is 25.6 Å². The smallest absolute Gasteiger partial charge is 0.332 e. The lowest BCUT2D eigenvalue weighted by Crippen LogP contribution is -2.15. The first-order valence-corrected chi connectivity index (χ1v) is 9.16. The van der Waals surface area contributed by atoms with Crippen LogP contribution in [0, 0.1) is 0 Å². The zero-order valence-electron chi connectivity index (χ0n) is 17.0. The lowest BCUT2D eigenvalue weighted by Gasteiger charge is -2.12. The van der Waals surface area contributed by atoms with Crippen LogP contribution in [0.25, 0.3) is 28.2 Å². The third-order valence-electron chi connectivity index (χ3n) is 4.73. The number of nitrogens with one attached hydrogen (secondary N) is 1. The average molecular weight is 421 g/mol. The van der Waals surface area contributed by atoms with E-state index in [1.807, 2.05) is 0 Å². The second-order valence-electron chi connectivity index (χ2n) is 6.47. The van der Waals surface area contributed by atoms with Crippen LogP contribution in [0.5, 0.6) is 17.2 Å². The van der Waals surface area contributed by atoms with Gasteiger partial charge in [0.2, 0.25) is 0 Å². The van der Waals surface area contributed by atoms with Crippen LogP contribution in [0.2, 0.25) is 0 Å². The number of aromatic amines is 1. The van der Waals surface area contributed by atoms with Crippen molar-refractivity contribution in [2.75, 3.05) is 21.3 Å². The number of H-pyrrole nitrogens is 1. The fraction of sp³-hybridized carbons (Fsp3) is 0.143. The number of para-hydroxylation sites is 1. The Kier molecular flexibility index (Phi) is 5.04. The van der Waals surface area contributed by atoms with Crippen molar-refractivity contribution < 1.29 is 19.0 Å². The molecule has 2 aromatic heterocycles. The SMILES string of the molecule is COc1cccc(-n2c(=O)[nH]c3c(C(N)=O)nc(-c4cccc(OC)c4OC)nc32)c1. The molecule has 0 saturated carbocycles. The number of imidazole rings is 1. The fourth-order valence-electron chi connectivity index (χ4n) is 3.34. The zero-order chi connectivity index (χ0) is 22.1. The molecule has 0 unspecified atom stereocenters. The Hall–Kier alpha value is -4.34. The van der Waals surface area contributed by atoms with Gasteiger partial charge < -0.3 is 24.9 Å². The first kappa shape index (κ1) is 20.0. The number of hydrogen-bond donors (Lipinski definition) is 2. The highest BCUT2D eigenvalue weighted by Gasteiger charge is 2.22. The number of amides is 1. The predicted molar refractivity (Wildman–Crippen MR) is 113 cm³/mol. The minimum Gasteiger partial charge on any atom is -0.497 e. The van der Waals surface area contributed by atoms with Gasteiger partial charge in [0.25, 0.3) is 5.91 Å². The van der Waals surface area contributed by atoms with Crippen LogP contribution in [-0.4, -0.2) is 46.8 Å². The lowest BCUT2D eigenvalue weighted by atomic mass is 10.1. The van der Waals surface area contributed by atoms with Crippen LogP contribution >= 0.6 is 0 Å². The molecule has 0 aliphatic rings. The summed E-state index contributed by atoms with van der Waals surface area (Å²) in [5.41, 5.74) is 6.21. The highest BCUT2D eigenvalue weighted by atomic mass is 16.5. The van der Waals surface area contributed by atoms with Crippen molar-refractivity contribution in [3.63, 3.8) is 0 Å². The Bertz CT molecular complexity index is 1360. The summed E-state index contributed by atoms with van der Waals surface area (Å²) in [6.45, 7) is 0. The van der Waals surface area contributed by atoms with Crippen molar-refractivity contribution in [1.29, 1.82) is 0 Å². The second-order valence-corrected chi connectivity index (χ2v) is 6.47. The minimum absolute atomic E-state index is 0.122. The molecule has 0 fully saturated rings. The molecule has 10 nitrogen and oxygen atoms in total. The summed E-state index contributed by atoms with van der Waals surface area (Å²) in [5, 5.41) is 0.